The molecule has 7 rings (SSSR count). The number of carbonyl (C=O) groups excluding carboxylic acids is 1. The normalized spacial score (nSPS) is 19.6. The fourth-order valence-corrected chi connectivity index (χ4v) is 6.83. The predicted octanol–water partition coefficient (Wildman–Crippen LogP) is 4.77. The van der Waals surface area contributed by atoms with Gasteiger partial charge in [0.05, 0.1) is 23.5 Å². The van der Waals surface area contributed by atoms with E-state index in [1.165, 1.54) is 6.07 Å². The Morgan fingerprint density at radius 3 is 2.70 bits per heavy atom. The summed E-state index contributed by atoms with van der Waals surface area (Å²) in [6.07, 6.45) is 7.21. The number of carbonyl (C=O) groups is 1. The Morgan fingerprint density at radius 2 is 1.95 bits per heavy atom. The Hall–Kier alpha value is -4.44. The molecule has 1 aromatic heterocycles. The average molecular weight is 597 g/mol. The highest BCUT2D eigenvalue weighted by atomic mass is 19.1. The monoisotopic (exact) mass is 596 g/mol. The van der Waals surface area contributed by atoms with Gasteiger partial charge in [-0.1, -0.05) is 24.3 Å². The number of aliphatic imine (C=N–C) groups is 1. The molecule has 44 heavy (non-hydrogen) atoms. The molecular formula is C34H37FN6O3. The van der Waals surface area contributed by atoms with E-state index in [1.54, 1.807) is 12.5 Å². The highest BCUT2D eigenvalue weighted by Crippen LogP contribution is 2.48. The van der Waals surface area contributed by atoms with Gasteiger partial charge in [-0.05, 0) is 68.2 Å². The van der Waals surface area contributed by atoms with Crippen molar-refractivity contribution in [2.75, 3.05) is 52.2 Å². The van der Waals surface area contributed by atoms with E-state index in [1.807, 2.05) is 64.9 Å². The topological polar surface area (TPSA) is 82.4 Å². The molecule has 0 saturated carbocycles. The second kappa shape index (κ2) is 11.2. The summed E-state index contributed by atoms with van der Waals surface area (Å²) in [5, 5.41) is 5.03. The third-order valence-corrected chi connectivity index (χ3v) is 9.14. The molecule has 4 heterocycles. The number of nitrogens with one attached hydrogen (secondary N) is 1. The van der Waals surface area contributed by atoms with E-state index >= 15 is 4.39 Å². The summed E-state index contributed by atoms with van der Waals surface area (Å²) in [7, 11) is 5.93. The predicted molar refractivity (Wildman–Crippen MR) is 172 cm³/mol. The highest BCUT2D eigenvalue weighted by molar-refractivity contribution is 6.02. The number of nitrogens with zero attached hydrogens (tertiary/aromatic N) is 5. The number of hydrogen-bond donors (Lipinski definition) is 1. The van der Waals surface area contributed by atoms with Gasteiger partial charge < -0.3 is 29.3 Å². The minimum Gasteiger partial charge on any atom is -0.451 e. The highest BCUT2D eigenvalue weighted by Gasteiger charge is 2.33. The molecule has 10 heteroatoms. The van der Waals surface area contributed by atoms with Crippen LogP contribution in [0.3, 0.4) is 0 Å². The molecule has 1 N–H and O–H groups in total. The first-order valence-corrected chi connectivity index (χ1v) is 15.3. The molecule has 9 nitrogen and oxygen atoms in total. The van der Waals surface area contributed by atoms with Crippen molar-refractivity contribution in [3.05, 3.63) is 70.3 Å². The van der Waals surface area contributed by atoms with Crippen molar-refractivity contribution < 1.29 is 13.9 Å². The molecule has 4 aromatic rings. The minimum absolute atomic E-state index is 0.0109. The fourth-order valence-electron chi connectivity index (χ4n) is 6.83. The van der Waals surface area contributed by atoms with Crippen molar-refractivity contribution in [2.24, 2.45) is 4.99 Å². The quantitative estimate of drug-likeness (QED) is 0.215. The van der Waals surface area contributed by atoms with Crippen molar-refractivity contribution in [1.29, 1.82) is 0 Å². The molecule has 3 aliphatic heterocycles. The Labute approximate surface area is 255 Å². The summed E-state index contributed by atoms with van der Waals surface area (Å²) in [6.45, 7) is 2.64. The lowest BCUT2D eigenvalue weighted by Gasteiger charge is -2.29. The number of rotatable bonds is 7. The van der Waals surface area contributed by atoms with Crippen LogP contribution in [0.25, 0.3) is 27.4 Å². The molecule has 2 saturated heterocycles. The van der Waals surface area contributed by atoms with Crippen LogP contribution in [-0.4, -0.2) is 86.0 Å². The van der Waals surface area contributed by atoms with Crippen molar-refractivity contribution in [2.45, 2.75) is 37.8 Å². The maximum atomic E-state index is 16.1. The third kappa shape index (κ3) is 4.96. The molecule has 3 aliphatic rings. The second-order valence-electron chi connectivity index (χ2n) is 12.4. The van der Waals surface area contributed by atoms with Crippen molar-refractivity contribution in [3.8, 4) is 17.2 Å². The third-order valence-electron chi connectivity index (χ3n) is 9.14. The van der Waals surface area contributed by atoms with Crippen molar-refractivity contribution in [1.82, 2.24) is 19.7 Å². The maximum absolute atomic E-state index is 16.1. The van der Waals surface area contributed by atoms with Crippen LogP contribution in [-0.2, 0) is 0 Å². The smallest absolute Gasteiger partial charge is 0.256 e. The molecule has 0 aliphatic carbocycles. The van der Waals surface area contributed by atoms with Crippen LogP contribution in [0.15, 0.2) is 58.4 Å². The van der Waals surface area contributed by atoms with Crippen LogP contribution in [0.1, 0.15) is 36.0 Å². The van der Waals surface area contributed by atoms with E-state index in [-0.39, 0.29) is 22.7 Å². The summed E-state index contributed by atoms with van der Waals surface area (Å²) >= 11 is 0. The van der Waals surface area contributed by atoms with Crippen LogP contribution >= 0.6 is 0 Å². The summed E-state index contributed by atoms with van der Waals surface area (Å²) in [6, 6.07) is 13.5. The zero-order chi connectivity index (χ0) is 30.5. The van der Waals surface area contributed by atoms with Crippen molar-refractivity contribution >= 4 is 39.6 Å². The molecule has 2 unspecified atom stereocenters. The summed E-state index contributed by atoms with van der Waals surface area (Å²) in [5.74, 6) is -0.194. The van der Waals surface area contributed by atoms with Crippen LogP contribution in [0.5, 0.6) is 11.5 Å². The first-order valence-electron chi connectivity index (χ1n) is 15.3. The Balaban J connectivity index is 1.33. The largest absolute Gasteiger partial charge is 0.451 e. The molecule has 228 valence electrons. The number of halogens is 1. The second-order valence-corrected chi connectivity index (χ2v) is 12.4. The fraction of sp³-hybridized carbons (Fsp3) is 0.382. The average Bonchev–Trinajstić information content (AvgIpc) is 3.65. The SMILES string of the molecule is CN(C)/C=N/C1CCN(c2c(F)cc3c(=O)c(C(=O)NCCC4CCCN4C)cn4c3c2Oc2cc3ccccc3cc2-4)C1. The van der Waals surface area contributed by atoms with Gasteiger partial charge in [0.15, 0.2) is 17.3 Å². The minimum atomic E-state index is -0.556. The van der Waals surface area contributed by atoms with E-state index in [9.17, 15) is 9.59 Å². The van der Waals surface area contributed by atoms with E-state index in [4.69, 9.17) is 4.74 Å². The van der Waals surface area contributed by atoms with Gasteiger partial charge in [-0.2, -0.15) is 0 Å². The van der Waals surface area contributed by atoms with Gasteiger partial charge in [-0.25, -0.2) is 4.39 Å². The van der Waals surface area contributed by atoms with E-state index in [0.717, 1.165) is 43.0 Å². The number of likely N-dealkylation sites (tertiary alicyclic amines) is 1. The van der Waals surface area contributed by atoms with Gasteiger partial charge in [-0.3, -0.25) is 14.6 Å². The van der Waals surface area contributed by atoms with Gasteiger partial charge in [0.1, 0.15) is 16.8 Å². The zero-order valence-corrected chi connectivity index (χ0v) is 25.3. The molecule has 3 aromatic carbocycles. The maximum Gasteiger partial charge on any atom is 0.256 e. The lowest BCUT2D eigenvalue weighted by molar-refractivity contribution is 0.0949. The van der Waals surface area contributed by atoms with Gasteiger partial charge in [0, 0.05) is 46.0 Å². The number of fused-ring (bicyclic) bond motifs is 3. The first kappa shape index (κ1) is 28.3. The van der Waals surface area contributed by atoms with E-state index in [2.05, 4.69) is 22.3 Å². The van der Waals surface area contributed by atoms with Crippen LogP contribution < -0.4 is 20.4 Å². The van der Waals surface area contributed by atoms with Crippen molar-refractivity contribution in [3.63, 3.8) is 0 Å². The number of anilines is 1. The molecule has 0 radical (unpaired) electrons. The van der Waals surface area contributed by atoms with Crippen LogP contribution in [0, 0.1) is 5.82 Å². The number of ether oxygens (including phenoxy) is 1. The zero-order valence-electron chi connectivity index (χ0n) is 25.3. The number of hydrogen-bond acceptors (Lipinski definition) is 6. The Kier molecular flexibility index (Phi) is 7.24. The molecule has 2 fully saturated rings. The van der Waals surface area contributed by atoms with E-state index in [0.29, 0.717) is 48.3 Å². The molecule has 1 amide bonds. The lowest BCUT2D eigenvalue weighted by Crippen LogP contribution is -2.34. The summed E-state index contributed by atoms with van der Waals surface area (Å²) in [4.78, 5) is 38.1. The molecular weight excluding hydrogens is 559 g/mol. The Bertz CT molecular complexity index is 1870. The van der Waals surface area contributed by atoms with Gasteiger partial charge in [-0.15, -0.1) is 0 Å². The number of amides is 1. The summed E-state index contributed by atoms with van der Waals surface area (Å²) in [5.41, 5.74) is 0.926. The number of benzene rings is 3. The molecule has 0 bridgehead atoms. The van der Waals surface area contributed by atoms with Crippen LogP contribution in [0.2, 0.25) is 0 Å². The molecule has 0 spiro atoms. The number of pyridine rings is 1. The molecule has 2 atom stereocenters. The van der Waals surface area contributed by atoms with Gasteiger partial charge in [0.25, 0.3) is 5.91 Å². The Morgan fingerprint density at radius 1 is 1.16 bits per heavy atom. The van der Waals surface area contributed by atoms with Gasteiger partial charge >= 0.3 is 0 Å². The standard InChI is InChI=1S/C34H37FN6O3/c1-38(2)20-37-23-11-14-40(18-23)31-27(35)17-25-30-33(31)44-29-16-22-8-5-4-7-21(22)15-28(29)41(30)19-26(32(25)42)34(43)36-12-10-24-9-6-13-39(24)3/h4-5,7-8,15-17,19-20,23-24H,6,9-14,18H2,1-3H3,(H,36,43)/b37-20+. The lowest BCUT2D eigenvalue weighted by atomic mass is 10.0. The van der Waals surface area contributed by atoms with E-state index < -0.39 is 17.2 Å². The first-order chi connectivity index (χ1) is 21.3. The summed E-state index contributed by atoms with van der Waals surface area (Å²) < 4.78 is 24.5. The van der Waals surface area contributed by atoms with Crippen LogP contribution in [0.4, 0.5) is 10.1 Å². The number of aromatic nitrogens is 1. The van der Waals surface area contributed by atoms with Gasteiger partial charge in [0.2, 0.25) is 5.43 Å².